The van der Waals surface area contributed by atoms with Crippen LogP contribution in [0, 0.1) is 5.41 Å². The second kappa shape index (κ2) is 5.77. The molecule has 0 bridgehead atoms. The van der Waals surface area contributed by atoms with Gasteiger partial charge in [0.05, 0.1) is 11.1 Å². The van der Waals surface area contributed by atoms with Crippen LogP contribution in [0.1, 0.15) is 38.3 Å². The van der Waals surface area contributed by atoms with Gasteiger partial charge in [-0.05, 0) is 25.8 Å². The number of carboxylic acids is 1. The van der Waals surface area contributed by atoms with E-state index in [4.69, 9.17) is 0 Å². The number of hydrogen-bond acceptors (Lipinski definition) is 4. The molecule has 114 valence electrons. The Morgan fingerprint density at radius 2 is 2.43 bits per heavy atom. The third kappa shape index (κ3) is 2.82. The predicted molar refractivity (Wildman–Crippen MR) is 82.6 cm³/mol. The number of nitrogens with zero attached hydrogens (tertiary/aromatic N) is 3. The van der Waals surface area contributed by atoms with Crippen molar-refractivity contribution in [2.45, 2.75) is 39.2 Å². The van der Waals surface area contributed by atoms with Gasteiger partial charge in [-0.1, -0.05) is 13.3 Å². The SMILES string of the molecule is CCCC1(C(=O)O)CCCN(Cc2cn3ccsc3n2)C1. The molecule has 0 aromatic carbocycles. The fourth-order valence-electron chi connectivity index (χ4n) is 3.41. The van der Waals surface area contributed by atoms with Crippen molar-refractivity contribution in [2.75, 3.05) is 13.1 Å². The van der Waals surface area contributed by atoms with Gasteiger partial charge >= 0.3 is 5.97 Å². The van der Waals surface area contributed by atoms with Crippen LogP contribution in [-0.2, 0) is 11.3 Å². The molecule has 1 atom stereocenters. The number of thiazole rings is 1. The maximum atomic E-state index is 11.7. The lowest BCUT2D eigenvalue weighted by molar-refractivity contribution is -0.153. The van der Waals surface area contributed by atoms with Crippen molar-refractivity contribution in [2.24, 2.45) is 5.41 Å². The van der Waals surface area contributed by atoms with Crippen LogP contribution in [0.15, 0.2) is 17.8 Å². The fraction of sp³-hybridized carbons (Fsp3) is 0.600. The van der Waals surface area contributed by atoms with Gasteiger partial charge in [0.15, 0.2) is 4.96 Å². The Kier molecular flexibility index (Phi) is 3.99. The van der Waals surface area contributed by atoms with E-state index in [1.54, 1.807) is 11.3 Å². The van der Waals surface area contributed by atoms with Gasteiger partial charge in [0.1, 0.15) is 0 Å². The van der Waals surface area contributed by atoms with Crippen LogP contribution < -0.4 is 0 Å². The molecule has 1 fully saturated rings. The summed E-state index contributed by atoms with van der Waals surface area (Å²) < 4.78 is 2.03. The van der Waals surface area contributed by atoms with Crippen LogP contribution in [-0.4, -0.2) is 38.4 Å². The summed E-state index contributed by atoms with van der Waals surface area (Å²) in [5, 5.41) is 11.7. The third-order valence-corrected chi connectivity index (χ3v) is 5.14. The first kappa shape index (κ1) is 14.5. The molecule has 3 heterocycles. The zero-order valence-electron chi connectivity index (χ0n) is 12.3. The van der Waals surface area contributed by atoms with E-state index < -0.39 is 11.4 Å². The van der Waals surface area contributed by atoms with Gasteiger partial charge in [-0.3, -0.25) is 14.1 Å². The van der Waals surface area contributed by atoms with Gasteiger partial charge < -0.3 is 5.11 Å². The number of carboxylic acid groups (broad SMARTS) is 1. The van der Waals surface area contributed by atoms with Crippen LogP contribution >= 0.6 is 11.3 Å². The number of piperidine rings is 1. The number of hydrogen-bond donors (Lipinski definition) is 1. The summed E-state index contributed by atoms with van der Waals surface area (Å²) in [6.45, 7) is 4.41. The summed E-state index contributed by atoms with van der Waals surface area (Å²) in [6, 6.07) is 0. The van der Waals surface area contributed by atoms with Gasteiger partial charge in [0.2, 0.25) is 0 Å². The van der Waals surface area contributed by atoms with E-state index >= 15 is 0 Å². The topological polar surface area (TPSA) is 57.8 Å². The molecular weight excluding hydrogens is 286 g/mol. The highest BCUT2D eigenvalue weighted by Gasteiger charge is 2.41. The minimum absolute atomic E-state index is 0.565. The largest absolute Gasteiger partial charge is 0.481 e. The minimum Gasteiger partial charge on any atom is -0.481 e. The maximum Gasteiger partial charge on any atom is 0.310 e. The molecule has 1 saturated heterocycles. The van der Waals surface area contributed by atoms with Crippen LogP contribution in [0.3, 0.4) is 0 Å². The highest BCUT2D eigenvalue weighted by molar-refractivity contribution is 7.15. The average molecular weight is 307 g/mol. The number of aromatic nitrogens is 2. The Labute approximate surface area is 128 Å². The van der Waals surface area contributed by atoms with Crippen LogP contribution in [0.5, 0.6) is 0 Å². The zero-order chi connectivity index (χ0) is 14.9. The summed E-state index contributed by atoms with van der Waals surface area (Å²) in [5.74, 6) is -0.639. The quantitative estimate of drug-likeness (QED) is 0.923. The molecule has 5 nitrogen and oxygen atoms in total. The number of rotatable bonds is 5. The Morgan fingerprint density at radius 1 is 1.57 bits per heavy atom. The highest BCUT2D eigenvalue weighted by atomic mass is 32.1. The fourth-order valence-corrected chi connectivity index (χ4v) is 4.13. The Balaban J connectivity index is 1.73. The second-order valence-electron chi connectivity index (χ2n) is 5.97. The highest BCUT2D eigenvalue weighted by Crippen LogP contribution is 2.35. The number of carbonyl (C=O) groups is 1. The zero-order valence-corrected chi connectivity index (χ0v) is 13.1. The van der Waals surface area contributed by atoms with E-state index in [1.165, 1.54) is 0 Å². The van der Waals surface area contributed by atoms with Crippen LogP contribution in [0.4, 0.5) is 0 Å². The number of aliphatic carboxylic acids is 1. The average Bonchev–Trinajstić information content (AvgIpc) is 3.00. The molecule has 6 heteroatoms. The molecule has 3 rings (SSSR count). The first-order valence-electron chi connectivity index (χ1n) is 7.50. The lowest BCUT2D eigenvalue weighted by Gasteiger charge is -2.39. The molecule has 1 aliphatic heterocycles. The minimum atomic E-state index is -0.639. The summed E-state index contributed by atoms with van der Waals surface area (Å²) in [4.78, 5) is 19.6. The summed E-state index contributed by atoms with van der Waals surface area (Å²) in [7, 11) is 0. The second-order valence-corrected chi connectivity index (χ2v) is 6.85. The molecule has 21 heavy (non-hydrogen) atoms. The first-order chi connectivity index (χ1) is 10.1. The van der Waals surface area contributed by atoms with E-state index in [0.29, 0.717) is 6.54 Å². The van der Waals surface area contributed by atoms with Gasteiger partial charge in [-0.15, -0.1) is 11.3 Å². The van der Waals surface area contributed by atoms with Gasteiger partial charge in [0.25, 0.3) is 0 Å². The molecule has 2 aromatic rings. The molecule has 0 saturated carbocycles. The van der Waals surface area contributed by atoms with Crippen molar-refractivity contribution in [3.8, 4) is 0 Å². The third-order valence-electron chi connectivity index (χ3n) is 4.37. The van der Waals surface area contributed by atoms with Crippen molar-refractivity contribution in [3.63, 3.8) is 0 Å². The number of fused-ring (bicyclic) bond motifs is 1. The van der Waals surface area contributed by atoms with E-state index in [0.717, 1.165) is 49.4 Å². The Morgan fingerprint density at radius 3 is 3.14 bits per heavy atom. The molecular formula is C15H21N3O2S. The van der Waals surface area contributed by atoms with Crippen molar-refractivity contribution in [3.05, 3.63) is 23.5 Å². The Hall–Kier alpha value is -1.40. The summed E-state index contributed by atoms with van der Waals surface area (Å²) in [6.07, 6.45) is 7.48. The molecule has 0 aliphatic carbocycles. The first-order valence-corrected chi connectivity index (χ1v) is 8.38. The Bertz CT molecular complexity index is 603. The molecule has 0 amide bonds. The van der Waals surface area contributed by atoms with Gasteiger partial charge in [-0.2, -0.15) is 0 Å². The van der Waals surface area contributed by atoms with Gasteiger partial charge in [0, 0.05) is 30.9 Å². The molecule has 1 N–H and O–H groups in total. The van der Waals surface area contributed by atoms with Crippen LogP contribution in [0.2, 0.25) is 0 Å². The number of likely N-dealkylation sites (tertiary alicyclic amines) is 1. The molecule has 2 aromatic heterocycles. The van der Waals surface area contributed by atoms with Crippen molar-refractivity contribution in [1.82, 2.24) is 14.3 Å². The normalized spacial score (nSPS) is 23.7. The maximum absolute atomic E-state index is 11.7. The standard InChI is InChI=1S/C15H21N3O2S/c1-2-4-15(13(19)20)5-3-6-17(11-15)9-12-10-18-7-8-21-14(18)16-12/h7-8,10H,2-6,9,11H2,1H3,(H,19,20). The lowest BCUT2D eigenvalue weighted by atomic mass is 9.76. The summed E-state index contributed by atoms with van der Waals surface area (Å²) in [5.41, 5.74) is 0.462. The van der Waals surface area contributed by atoms with E-state index in [-0.39, 0.29) is 0 Å². The van der Waals surface area contributed by atoms with E-state index in [2.05, 4.69) is 16.8 Å². The van der Waals surface area contributed by atoms with E-state index in [1.807, 2.05) is 22.2 Å². The smallest absolute Gasteiger partial charge is 0.310 e. The van der Waals surface area contributed by atoms with Crippen LogP contribution in [0.25, 0.3) is 4.96 Å². The monoisotopic (exact) mass is 307 g/mol. The van der Waals surface area contributed by atoms with Crippen molar-refractivity contribution >= 4 is 22.3 Å². The molecule has 0 radical (unpaired) electrons. The van der Waals surface area contributed by atoms with E-state index in [9.17, 15) is 9.90 Å². The molecule has 1 unspecified atom stereocenters. The lowest BCUT2D eigenvalue weighted by Crippen LogP contribution is -2.47. The van der Waals surface area contributed by atoms with Gasteiger partial charge in [-0.25, -0.2) is 4.98 Å². The number of imidazole rings is 1. The van der Waals surface area contributed by atoms with Crippen molar-refractivity contribution < 1.29 is 9.90 Å². The molecule has 1 aliphatic rings. The summed E-state index contributed by atoms with van der Waals surface area (Å²) >= 11 is 1.62. The van der Waals surface area contributed by atoms with Crippen molar-refractivity contribution in [1.29, 1.82) is 0 Å². The molecule has 0 spiro atoms. The predicted octanol–water partition coefficient (Wildman–Crippen LogP) is 2.86.